The molecule has 0 bridgehead atoms. The molecule has 2 heterocycles. The summed E-state index contributed by atoms with van der Waals surface area (Å²) in [7, 11) is 0. The lowest BCUT2D eigenvalue weighted by Crippen LogP contribution is -2.16. The van der Waals surface area contributed by atoms with Gasteiger partial charge in [-0.1, -0.05) is 159 Å². The maximum atomic E-state index is 2.46. The lowest BCUT2D eigenvalue weighted by Gasteiger charge is -2.29. The molecular weight excluding hydrogens is 745 g/mol. The monoisotopic (exact) mass is 784 g/mol. The molecule has 0 saturated carbocycles. The van der Waals surface area contributed by atoms with Crippen LogP contribution in [0.25, 0.3) is 81.0 Å². The first kappa shape index (κ1) is 34.8. The first-order valence-electron chi connectivity index (χ1n) is 20.8. The first-order chi connectivity index (χ1) is 29.5. The highest BCUT2D eigenvalue weighted by Crippen LogP contribution is 2.54. The molecule has 0 amide bonds. The molecule has 3 heteroatoms. The summed E-state index contributed by atoms with van der Waals surface area (Å²) in [5.41, 5.74) is 17.2. The minimum atomic E-state index is -0.109. The van der Waals surface area contributed by atoms with E-state index >= 15 is 0 Å². The van der Waals surface area contributed by atoms with Crippen molar-refractivity contribution in [2.75, 3.05) is 4.90 Å². The Kier molecular flexibility index (Phi) is 7.79. The minimum absolute atomic E-state index is 0.109. The summed E-state index contributed by atoms with van der Waals surface area (Å²) in [5, 5.41) is 5.17. The van der Waals surface area contributed by atoms with Gasteiger partial charge in [-0.05, 0) is 99.6 Å². The SMILES string of the molecule is CC1(C)c2ccccc2-c2c(N(c3ccc(-c4cccc5c4sc4ccccc45)cc3)c3ccc(-c4cccc5c4c4ccccc4n5-c4ccccc4)cc3)cccc21. The molecule has 0 radical (unpaired) electrons. The van der Waals surface area contributed by atoms with Gasteiger partial charge < -0.3 is 9.47 Å². The highest BCUT2D eigenvalue weighted by atomic mass is 32.1. The smallest absolute Gasteiger partial charge is 0.0547 e. The second-order valence-electron chi connectivity index (χ2n) is 16.5. The molecule has 0 N–H and O–H groups in total. The predicted molar refractivity (Wildman–Crippen MR) is 257 cm³/mol. The molecule has 0 unspecified atom stereocenters. The Bertz CT molecular complexity index is 3440. The van der Waals surface area contributed by atoms with Crippen molar-refractivity contribution in [2.45, 2.75) is 19.3 Å². The van der Waals surface area contributed by atoms with Crippen LogP contribution in [0.3, 0.4) is 0 Å². The highest BCUT2D eigenvalue weighted by Gasteiger charge is 2.37. The summed E-state index contributed by atoms with van der Waals surface area (Å²) >= 11 is 1.88. The van der Waals surface area contributed by atoms with E-state index in [2.05, 4.69) is 230 Å². The van der Waals surface area contributed by atoms with Crippen LogP contribution in [0, 0.1) is 0 Å². The zero-order valence-corrected chi connectivity index (χ0v) is 34.2. The third-order valence-electron chi connectivity index (χ3n) is 12.8. The highest BCUT2D eigenvalue weighted by molar-refractivity contribution is 7.26. The summed E-state index contributed by atoms with van der Waals surface area (Å²) in [6, 6.07) is 76.0. The molecule has 0 aliphatic heterocycles. The Morgan fingerprint density at radius 3 is 1.80 bits per heavy atom. The van der Waals surface area contributed by atoms with Gasteiger partial charge in [0.2, 0.25) is 0 Å². The number of hydrogen-bond acceptors (Lipinski definition) is 2. The second-order valence-corrected chi connectivity index (χ2v) is 17.5. The van der Waals surface area contributed by atoms with Crippen LogP contribution in [0.1, 0.15) is 25.0 Å². The fourth-order valence-electron chi connectivity index (χ4n) is 10.0. The number of nitrogens with zero attached hydrogens (tertiary/aromatic N) is 2. The second kappa shape index (κ2) is 13.4. The molecular formula is C57H40N2S. The van der Waals surface area contributed by atoms with E-state index in [9.17, 15) is 0 Å². The van der Waals surface area contributed by atoms with Crippen molar-refractivity contribution in [3.63, 3.8) is 0 Å². The zero-order valence-electron chi connectivity index (χ0n) is 33.4. The normalized spacial score (nSPS) is 13.0. The van der Waals surface area contributed by atoms with Gasteiger partial charge in [-0.25, -0.2) is 0 Å². The molecule has 2 aromatic heterocycles. The van der Waals surface area contributed by atoms with Crippen molar-refractivity contribution in [3.05, 3.63) is 217 Å². The van der Waals surface area contributed by atoms with E-state index in [0.717, 1.165) is 11.4 Å². The number of hydrogen-bond donors (Lipinski definition) is 0. The van der Waals surface area contributed by atoms with Gasteiger partial charge in [0.1, 0.15) is 0 Å². The summed E-state index contributed by atoms with van der Waals surface area (Å²) in [6.07, 6.45) is 0. The van der Waals surface area contributed by atoms with Crippen molar-refractivity contribution >= 4 is 70.4 Å². The molecule has 9 aromatic carbocycles. The maximum absolute atomic E-state index is 2.46. The van der Waals surface area contributed by atoms with Gasteiger partial charge in [0.15, 0.2) is 0 Å². The third-order valence-corrected chi connectivity index (χ3v) is 14.0. The third kappa shape index (κ3) is 5.19. The Labute approximate surface area is 353 Å². The average Bonchev–Trinajstić information content (AvgIpc) is 3.93. The fourth-order valence-corrected chi connectivity index (χ4v) is 11.3. The quantitative estimate of drug-likeness (QED) is 0.163. The summed E-state index contributed by atoms with van der Waals surface area (Å²) < 4.78 is 5.05. The van der Waals surface area contributed by atoms with Gasteiger partial charge in [-0.15, -0.1) is 11.3 Å². The lowest BCUT2D eigenvalue weighted by molar-refractivity contribution is 0.660. The number of benzene rings is 9. The van der Waals surface area contributed by atoms with Crippen LogP contribution in [0.5, 0.6) is 0 Å². The largest absolute Gasteiger partial charge is 0.310 e. The van der Waals surface area contributed by atoms with Crippen LogP contribution in [0.15, 0.2) is 206 Å². The van der Waals surface area contributed by atoms with Gasteiger partial charge >= 0.3 is 0 Å². The molecule has 0 fully saturated rings. The number of aromatic nitrogens is 1. The molecule has 0 atom stereocenters. The van der Waals surface area contributed by atoms with E-state index in [1.54, 1.807) is 0 Å². The average molecular weight is 785 g/mol. The molecule has 1 aliphatic rings. The van der Waals surface area contributed by atoms with Gasteiger partial charge in [0, 0.05) is 59.0 Å². The van der Waals surface area contributed by atoms with Crippen LogP contribution < -0.4 is 4.90 Å². The standard InChI is InChI=1S/C57H40N2S/c1-57(2)48-23-9-6-18-46(48)55-49(57)24-14-27-52(55)58(41-35-31-38(32-36-41)43-21-12-22-45-44-17-8-11-28-53(44)60-56(43)45)40-33-29-37(30-34-40)42-20-13-26-51-54(42)47-19-7-10-25-50(47)59(51)39-15-4-3-5-16-39/h3-36H,1-2H3. The molecule has 284 valence electrons. The van der Waals surface area contributed by atoms with Crippen LogP contribution >= 0.6 is 11.3 Å². The Balaban J connectivity index is 1.02. The maximum Gasteiger partial charge on any atom is 0.0547 e. The summed E-state index contributed by atoms with van der Waals surface area (Å²) in [6.45, 7) is 4.72. The summed E-state index contributed by atoms with van der Waals surface area (Å²) in [5.74, 6) is 0. The van der Waals surface area contributed by atoms with Crippen molar-refractivity contribution in [1.82, 2.24) is 4.57 Å². The number of fused-ring (bicyclic) bond motifs is 9. The fraction of sp³-hybridized carbons (Fsp3) is 0.0526. The van der Waals surface area contributed by atoms with E-state index in [-0.39, 0.29) is 5.41 Å². The number of rotatable bonds is 6. The molecule has 0 spiro atoms. The number of anilines is 3. The van der Waals surface area contributed by atoms with E-state index in [0.29, 0.717) is 0 Å². The molecule has 2 nitrogen and oxygen atoms in total. The van der Waals surface area contributed by atoms with Gasteiger partial charge in [-0.2, -0.15) is 0 Å². The van der Waals surface area contributed by atoms with Crippen LogP contribution in [-0.4, -0.2) is 4.57 Å². The van der Waals surface area contributed by atoms with Gasteiger partial charge in [0.05, 0.1) is 16.7 Å². The van der Waals surface area contributed by atoms with E-state index < -0.39 is 0 Å². The Morgan fingerprint density at radius 2 is 1.00 bits per heavy atom. The van der Waals surface area contributed by atoms with Crippen LogP contribution in [0.2, 0.25) is 0 Å². The van der Waals surface area contributed by atoms with Gasteiger partial charge in [0.25, 0.3) is 0 Å². The van der Waals surface area contributed by atoms with Crippen molar-refractivity contribution in [3.8, 4) is 39.1 Å². The van der Waals surface area contributed by atoms with E-state index in [1.807, 2.05) is 11.3 Å². The number of thiophene rings is 1. The molecule has 11 aromatic rings. The Morgan fingerprint density at radius 1 is 0.433 bits per heavy atom. The lowest BCUT2D eigenvalue weighted by atomic mass is 9.82. The van der Waals surface area contributed by atoms with E-state index in [4.69, 9.17) is 0 Å². The van der Waals surface area contributed by atoms with E-state index in [1.165, 1.54) is 97.9 Å². The van der Waals surface area contributed by atoms with Crippen LogP contribution in [-0.2, 0) is 5.41 Å². The topological polar surface area (TPSA) is 8.17 Å². The summed E-state index contributed by atoms with van der Waals surface area (Å²) in [4.78, 5) is 2.46. The zero-order chi connectivity index (χ0) is 40.0. The first-order valence-corrected chi connectivity index (χ1v) is 21.6. The van der Waals surface area contributed by atoms with Crippen molar-refractivity contribution < 1.29 is 0 Å². The predicted octanol–water partition coefficient (Wildman–Crippen LogP) is 16.3. The molecule has 12 rings (SSSR count). The molecule has 1 aliphatic carbocycles. The van der Waals surface area contributed by atoms with Gasteiger partial charge in [-0.3, -0.25) is 0 Å². The van der Waals surface area contributed by atoms with Crippen LogP contribution in [0.4, 0.5) is 17.1 Å². The Hall–Kier alpha value is -7.20. The minimum Gasteiger partial charge on any atom is -0.310 e. The number of para-hydroxylation sites is 2. The van der Waals surface area contributed by atoms with Crippen molar-refractivity contribution in [2.24, 2.45) is 0 Å². The molecule has 0 saturated heterocycles. The van der Waals surface area contributed by atoms with Crippen molar-refractivity contribution in [1.29, 1.82) is 0 Å². The molecule has 60 heavy (non-hydrogen) atoms.